The largest absolute Gasteiger partial charge is 0.397 e. The predicted octanol–water partition coefficient (Wildman–Crippen LogP) is 8.57. The second kappa shape index (κ2) is 12.0. The van der Waals surface area contributed by atoms with Gasteiger partial charge < -0.3 is 11.1 Å². The summed E-state index contributed by atoms with van der Waals surface area (Å²) in [5.41, 5.74) is 13.4. The number of rotatable bonds is 6. The van der Waals surface area contributed by atoms with Gasteiger partial charge in [0.05, 0.1) is 11.4 Å². The Balaban J connectivity index is 0.00000148. The smallest absolute Gasteiger partial charge is 0.0665 e. The summed E-state index contributed by atoms with van der Waals surface area (Å²) in [6.45, 7) is 4.00. The monoisotopic (exact) mass is 550 g/mol. The highest BCUT2D eigenvalue weighted by atomic mass is 31.1. The van der Waals surface area contributed by atoms with Crippen LogP contribution in [-0.4, -0.2) is 6.04 Å². The average molecular weight is 551 g/mol. The first-order valence-electron chi connectivity index (χ1n) is 14.4. The van der Waals surface area contributed by atoms with Gasteiger partial charge in [-0.05, 0) is 46.8 Å². The molecule has 2 atom stereocenters. The maximum absolute atomic E-state index is 6.66. The van der Waals surface area contributed by atoms with Crippen molar-refractivity contribution in [2.45, 2.75) is 26.3 Å². The molecule has 41 heavy (non-hydrogen) atoms. The number of allylic oxidation sites excluding steroid dienone is 2. The lowest BCUT2D eigenvalue weighted by molar-refractivity contribution is 0.719. The van der Waals surface area contributed by atoms with Crippen LogP contribution < -0.4 is 21.7 Å². The fourth-order valence-electron chi connectivity index (χ4n) is 5.73. The molecule has 0 aromatic heterocycles. The van der Waals surface area contributed by atoms with Crippen LogP contribution in [-0.2, 0) is 0 Å². The highest BCUT2D eigenvalue weighted by Crippen LogP contribution is 2.46. The Hall–Kier alpha value is -4.39. The molecule has 5 aromatic rings. The summed E-state index contributed by atoms with van der Waals surface area (Å²) in [4.78, 5) is 0. The van der Waals surface area contributed by atoms with Gasteiger partial charge >= 0.3 is 0 Å². The zero-order chi connectivity index (χ0) is 28.2. The van der Waals surface area contributed by atoms with E-state index in [-0.39, 0.29) is 6.04 Å². The van der Waals surface area contributed by atoms with E-state index in [9.17, 15) is 0 Å². The van der Waals surface area contributed by atoms with Crippen LogP contribution in [0.5, 0.6) is 0 Å². The molecular formula is C38H35N2P. The molecular weight excluding hydrogens is 515 g/mol. The maximum Gasteiger partial charge on any atom is 0.0665 e. The molecule has 2 nitrogen and oxygen atoms in total. The van der Waals surface area contributed by atoms with E-state index in [1.807, 2.05) is 13.8 Å². The normalized spacial score (nSPS) is 16.1. The van der Waals surface area contributed by atoms with Gasteiger partial charge in [0.15, 0.2) is 0 Å². The van der Waals surface area contributed by atoms with Crippen molar-refractivity contribution >= 4 is 40.7 Å². The van der Waals surface area contributed by atoms with Crippen LogP contribution in [0.15, 0.2) is 145 Å². The van der Waals surface area contributed by atoms with Gasteiger partial charge in [0.25, 0.3) is 0 Å². The van der Waals surface area contributed by atoms with Gasteiger partial charge in [0.1, 0.15) is 0 Å². The Kier molecular flexibility index (Phi) is 7.85. The molecule has 0 aliphatic heterocycles. The van der Waals surface area contributed by atoms with E-state index < -0.39 is 7.92 Å². The summed E-state index contributed by atoms with van der Waals surface area (Å²) in [6.07, 6.45) is 7.98. The van der Waals surface area contributed by atoms with E-state index in [0.29, 0.717) is 0 Å². The molecule has 0 heterocycles. The van der Waals surface area contributed by atoms with Crippen molar-refractivity contribution < 1.29 is 0 Å². The van der Waals surface area contributed by atoms with E-state index in [1.165, 1.54) is 43.4 Å². The highest BCUT2D eigenvalue weighted by molar-refractivity contribution is 7.77. The molecule has 7 rings (SSSR count). The van der Waals surface area contributed by atoms with E-state index in [0.717, 1.165) is 23.4 Å². The fraction of sp³-hybridized carbons (Fsp3) is 0.105. The molecule has 0 radical (unpaired) electrons. The van der Waals surface area contributed by atoms with E-state index in [2.05, 4.69) is 145 Å². The van der Waals surface area contributed by atoms with Crippen LogP contribution in [0, 0.1) is 0 Å². The molecule has 0 fully saturated rings. The summed E-state index contributed by atoms with van der Waals surface area (Å²) in [6, 6.07) is 43.6. The third kappa shape index (κ3) is 5.24. The molecule has 0 bridgehead atoms. The first-order chi connectivity index (χ1) is 20.3. The van der Waals surface area contributed by atoms with Crippen LogP contribution >= 0.6 is 7.92 Å². The van der Waals surface area contributed by atoms with Crippen molar-refractivity contribution in [2.75, 3.05) is 0 Å². The first kappa shape index (κ1) is 26.8. The SMILES string of the molecule is CC.NC1=C(NC2C=CC(P(c3ccccc3)c3ccc(-c4ccccc4)cc3)=CC2)c2cccc3cccc1c23. The molecule has 0 saturated carbocycles. The standard InChI is InChI=1S/C36H29N2P.C2H6/c37-35-32-15-7-11-27-12-8-16-33(34(27)32)36(35)38-28-19-23-31(24-20-28)39(29-13-5-2-6-14-29)30-21-17-26(18-22-30)25-9-3-1-4-10-25;1-2/h1-19,21-24,28,38H,20,37H2;1-2H3. The minimum atomic E-state index is -0.649. The third-order valence-electron chi connectivity index (χ3n) is 7.65. The van der Waals surface area contributed by atoms with E-state index >= 15 is 0 Å². The average Bonchev–Trinajstić information content (AvgIpc) is 3.32. The quantitative estimate of drug-likeness (QED) is 0.208. The summed E-state index contributed by atoms with van der Waals surface area (Å²) in [5, 5.41) is 10.4. The number of nitrogens with two attached hydrogens (primary N) is 1. The molecule has 0 amide bonds. The Morgan fingerprint density at radius 2 is 1.27 bits per heavy atom. The lowest BCUT2D eigenvalue weighted by Crippen LogP contribution is -2.27. The van der Waals surface area contributed by atoms with E-state index in [4.69, 9.17) is 5.73 Å². The predicted molar refractivity (Wildman–Crippen MR) is 180 cm³/mol. The van der Waals surface area contributed by atoms with Gasteiger partial charge in [-0.2, -0.15) is 0 Å². The molecule has 2 aliphatic rings. The second-order valence-corrected chi connectivity index (χ2v) is 12.3. The molecule has 5 aromatic carbocycles. The maximum atomic E-state index is 6.66. The zero-order valence-electron chi connectivity index (χ0n) is 23.6. The number of hydrogen-bond donors (Lipinski definition) is 2. The second-order valence-electron chi connectivity index (χ2n) is 10.1. The Morgan fingerprint density at radius 3 is 1.93 bits per heavy atom. The Bertz CT molecular complexity index is 1740. The fourth-order valence-corrected chi connectivity index (χ4v) is 8.07. The minimum absolute atomic E-state index is 0.194. The van der Waals surface area contributed by atoms with Gasteiger partial charge in [-0.1, -0.05) is 153 Å². The van der Waals surface area contributed by atoms with Crippen LogP contribution in [0.25, 0.3) is 33.3 Å². The zero-order valence-corrected chi connectivity index (χ0v) is 24.5. The van der Waals surface area contributed by atoms with Gasteiger partial charge in [-0.15, -0.1) is 0 Å². The van der Waals surface area contributed by atoms with Crippen LogP contribution in [0.3, 0.4) is 0 Å². The summed E-state index contributed by atoms with van der Waals surface area (Å²) >= 11 is 0. The van der Waals surface area contributed by atoms with E-state index in [1.54, 1.807) is 0 Å². The van der Waals surface area contributed by atoms with Gasteiger partial charge in [0, 0.05) is 22.6 Å². The Labute approximate surface area is 244 Å². The molecule has 202 valence electrons. The molecule has 0 spiro atoms. The summed E-state index contributed by atoms with van der Waals surface area (Å²) in [7, 11) is -0.649. The summed E-state index contributed by atoms with van der Waals surface area (Å²) < 4.78 is 0. The van der Waals surface area contributed by atoms with Crippen molar-refractivity contribution in [1.82, 2.24) is 5.32 Å². The van der Waals surface area contributed by atoms with Gasteiger partial charge in [0.2, 0.25) is 0 Å². The molecule has 0 saturated heterocycles. The van der Waals surface area contributed by atoms with Crippen molar-refractivity contribution in [3.05, 3.63) is 156 Å². The van der Waals surface area contributed by atoms with Crippen LogP contribution in [0.4, 0.5) is 0 Å². The minimum Gasteiger partial charge on any atom is -0.397 e. The topological polar surface area (TPSA) is 38.0 Å². The van der Waals surface area contributed by atoms with Crippen molar-refractivity contribution in [1.29, 1.82) is 0 Å². The van der Waals surface area contributed by atoms with Gasteiger partial charge in [-0.3, -0.25) is 0 Å². The third-order valence-corrected chi connectivity index (χ3v) is 10.1. The van der Waals surface area contributed by atoms with Crippen molar-refractivity contribution in [2.24, 2.45) is 5.73 Å². The van der Waals surface area contributed by atoms with Crippen molar-refractivity contribution in [3.63, 3.8) is 0 Å². The lowest BCUT2D eigenvalue weighted by atomic mass is 10.0. The van der Waals surface area contributed by atoms with Gasteiger partial charge in [-0.25, -0.2) is 0 Å². The molecule has 2 aliphatic carbocycles. The highest BCUT2D eigenvalue weighted by Gasteiger charge is 2.25. The molecule has 3 heteroatoms. The number of nitrogens with one attached hydrogen (secondary N) is 1. The Morgan fingerprint density at radius 1 is 0.659 bits per heavy atom. The molecule has 3 N–H and O–H groups in total. The lowest BCUT2D eigenvalue weighted by Gasteiger charge is -2.26. The van der Waals surface area contributed by atoms with Crippen molar-refractivity contribution in [3.8, 4) is 11.1 Å². The van der Waals surface area contributed by atoms with Crippen LogP contribution in [0.1, 0.15) is 31.4 Å². The number of hydrogen-bond acceptors (Lipinski definition) is 2. The summed E-state index contributed by atoms with van der Waals surface area (Å²) in [5.74, 6) is 0. The molecule has 2 unspecified atom stereocenters. The number of benzene rings is 5. The first-order valence-corrected chi connectivity index (χ1v) is 15.8. The van der Waals surface area contributed by atoms with Crippen LogP contribution in [0.2, 0.25) is 0 Å².